The summed E-state index contributed by atoms with van der Waals surface area (Å²) in [5.41, 5.74) is 8.12. The summed E-state index contributed by atoms with van der Waals surface area (Å²) in [6.45, 7) is 7.06. The zero-order valence-electron chi connectivity index (χ0n) is 10.7. The summed E-state index contributed by atoms with van der Waals surface area (Å²) < 4.78 is 5.73. The molecule has 2 nitrogen and oxygen atoms in total. The van der Waals surface area contributed by atoms with Crippen molar-refractivity contribution >= 4 is 0 Å². The molecule has 2 heteroatoms. The lowest BCUT2D eigenvalue weighted by atomic mass is 9.83. The lowest BCUT2D eigenvalue weighted by molar-refractivity contribution is 0.521. The van der Waals surface area contributed by atoms with Gasteiger partial charge >= 0.3 is 0 Å². The zero-order valence-corrected chi connectivity index (χ0v) is 10.7. The molecule has 2 N–H and O–H groups in total. The Bertz CT molecular complexity index is 506. The molecule has 0 saturated heterocycles. The highest BCUT2D eigenvalue weighted by Crippen LogP contribution is 2.33. The molecule has 1 aromatic carbocycles. The van der Waals surface area contributed by atoms with Crippen molar-refractivity contribution < 1.29 is 4.42 Å². The van der Waals surface area contributed by atoms with E-state index in [1.54, 1.807) is 0 Å². The van der Waals surface area contributed by atoms with E-state index in [0.717, 1.165) is 17.1 Å². The second kappa shape index (κ2) is 4.38. The fraction of sp³-hybridized carbons (Fsp3) is 0.333. The minimum atomic E-state index is 0.103. The first-order valence-corrected chi connectivity index (χ1v) is 5.91. The summed E-state index contributed by atoms with van der Waals surface area (Å²) in [6.07, 6.45) is 0. The van der Waals surface area contributed by atoms with Crippen molar-refractivity contribution in [1.82, 2.24) is 0 Å². The minimum absolute atomic E-state index is 0.103. The first-order valence-electron chi connectivity index (χ1n) is 5.91. The van der Waals surface area contributed by atoms with E-state index in [2.05, 4.69) is 39.0 Å². The molecule has 0 radical (unpaired) electrons. The summed E-state index contributed by atoms with van der Waals surface area (Å²) in [6, 6.07) is 12.3. The molecular formula is C15H19NO. The normalized spacial score (nSPS) is 11.8. The quantitative estimate of drug-likeness (QED) is 0.852. The largest absolute Gasteiger partial charge is 0.460 e. The van der Waals surface area contributed by atoms with Crippen LogP contribution in [0.3, 0.4) is 0 Å². The minimum Gasteiger partial charge on any atom is -0.460 e. The molecule has 0 bridgehead atoms. The number of furan rings is 1. The first kappa shape index (κ1) is 11.9. The molecule has 0 atom stereocenters. The van der Waals surface area contributed by atoms with E-state index in [9.17, 15) is 0 Å². The summed E-state index contributed by atoms with van der Waals surface area (Å²) in [7, 11) is 0. The lowest BCUT2D eigenvalue weighted by Gasteiger charge is -2.21. The molecule has 0 saturated carbocycles. The molecule has 1 aromatic heterocycles. The van der Waals surface area contributed by atoms with Crippen LogP contribution in [0.5, 0.6) is 0 Å². The first-order chi connectivity index (χ1) is 8.02. The van der Waals surface area contributed by atoms with Gasteiger partial charge in [-0.25, -0.2) is 0 Å². The molecule has 90 valence electrons. The van der Waals surface area contributed by atoms with Gasteiger partial charge in [-0.3, -0.25) is 0 Å². The smallest absolute Gasteiger partial charge is 0.134 e. The standard InChI is InChI=1S/C15H19NO/c1-15(2,3)13-7-5-4-6-12(13)14-9-8-11(10-16)17-14/h4-9H,10,16H2,1-3H3. The van der Waals surface area contributed by atoms with Crippen LogP contribution in [0.25, 0.3) is 11.3 Å². The van der Waals surface area contributed by atoms with Crippen LogP contribution >= 0.6 is 0 Å². The van der Waals surface area contributed by atoms with E-state index in [0.29, 0.717) is 6.54 Å². The summed E-state index contributed by atoms with van der Waals surface area (Å²) in [5.74, 6) is 1.72. The Kier molecular flexibility index (Phi) is 3.07. The number of nitrogens with two attached hydrogens (primary N) is 1. The van der Waals surface area contributed by atoms with Crippen LogP contribution in [0, 0.1) is 0 Å². The van der Waals surface area contributed by atoms with E-state index >= 15 is 0 Å². The maximum Gasteiger partial charge on any atom is 0.134 e. The average Bonchev–Trinajstić information content (AvgIpc) is 2.76. The van der Waals surface area contributed by atoms with E-state index < -0.39 is 0 Å². The number of hydrogen-bond acceptors (Lipinski definition) is 2. The van der Waals surface area contributed by atoms with Crippen molar-refractivity contribution in [2.45, 2.75) is 32.7 Å². The van der Waals surface area contributed by atoms with Gasteiger partial charge in [0.1, 0.15) is 11.5 Å². The highest BCUT2D eigenvalue weighted by molar-refractivity contribution is 5.64. The molecule has 0 aliphatic heterocycles. The van der Waals surface area contributed by atoms with Gasteiger partial charge in [0.2, 0.25) is 0 Å². The number of hydrogen-bond donors (Lipinski definition) is 1. The molecule has 0 aliphatic carbocycles. The second-order valence-electron chi connectivity index (χ2n) is 5.27. The maximum absolute atomic E-state index is 5.73. The van der Waals surface area contributed by atoms with Gasteiger partial charge in [0, 0.05) is 5.56 Å². The van der Waals surface area contributed by atoms with Crippen LogP contribution in [-0.2, 0) is 12.0 Å². The molecule has 2 aromatic rings. The van der Waals surface area contributed by atoms with Crippen molar-refractivity contribution in [2.75, 3.05) is 0 Å². The molecule has 1 heterocycles. The summed E-state index contributed by atoms with van der Waals surface area (Å²) in [4.78, 5) is 0. The monoisotopic (exact) mass is 229 g/mol. The molecule has 0 amide bonds. The maximum atomic E-state index is 5.73. The summed E-state index contributed by atoms with van der Waals surface area (Å²) in [5, 5.41) is 0. The average molecular weight is 229 g/mol. The fourth-order valence-electron chi connectivity index (χ4n) is 1.98. The Hall–Kier alpha value is -1.54. The molecule has 0 spiro atoms. The van der Waals surface area contributed by atoms with Crippen LogP contribution in [-0.4, -0.2) is 0 Å². The highest BCUT2D eigenvalue weighted by atomic mass is 16.3. The zero-order chi connectivity index (χ0) is 12.5. The van der Waals surface area contributed by atoms with Crippen molar-refractivity contribution in [2.24, 2.45) is 5.73 Å². The van der Waals surface area contributed by atoms with Gasteiger partial charge in [0.15, 0.2) is 0 Å². The molecule has 2 rings (SSSR count). The Morgan fingerprint density at radius 1 is 1.06 bits per heavy atom. The molecule has 0 aliphatic rings. The molecular weight excluding hydrogens is 210 g/mol. The van der Waals surface area contributed by atoms with Crippen LogP contribution < -0.4 is 5.73 Å². The Labute approximate surface area is 102 Å². The van der Waals surface area contributed by atoms with Gasteiger partial charge in [0.05, 0.1) is 6.54 Å². The third-order valence-corrected chi connectivity index (χ3v) is 2.86. The van der Waals surface area contributed by atoms with Crippen molar-refractivity contribution in [3.63, 3.8) is 0 Å². The second-order valence-corrected chi connectivity index (χ2v) is 5.27. The van der Waals surface area contributed by atoms with Gasteiger partial charge in [-0.1, -0.05) is 45.0 Å². The molecule has 17 heavy (non-hydrogen) atoms. The number of benzene rings is 1. The van der Waals surface area contributed by atoms with Crippen LogP contribution in [0.2, 0.25) is 0 Å². The van der Waals surface area contributed by atoms with Crippen molar-refractivity contribution in [3.8, 4) is 11.3 Å². The highest BCUT2D eigenvalue weighted by Gasteiger charge is 2.19. The molecule has 0 fully saturated rings. The van der Waals surface area contributed by atoms with Gasteiger partial charge in [-0.2, -0.15) is 0 Å². The topological polar surface area (TPSA) is 39.2 Å². The predicted molar refractivity (Wildman–Crippen MR) is 70.7 cm³/mol. The van der Waals surface area contributed by atoms with Crippen LogP contribution in [0.1, 0.15) is 32.1 Å². The van der Waals surface area contributed by atoms with Gasteiger partial charge < -0.3 is 10.2 Å². The summed E-state index contributed by atoms with van der Waals surface area (Å²) >= 11 is 0. The van der Waals surface area contributed by atoms with Gasteiger partial charge in [-0.15, -0.1) is 0 Å². The van der Waals surface area contributed by atoms with Crippen LogP contribution in [0.4, 0.5) is 0 Å². The van der Waals surface area contributed by atoms with Gasteiger partial charge in [0.25, 0.3) is 0 Å². The van der Waals surface area contributed by atoms with Crippen molar-refractivity contribution in [1.29, 1.82) is 0 Å². The Morgan fingerprint density at radius 2 is 1.76 bits per heavy atom. The number of rotatable bonds is 2. The molecule has 0 unspecified atom stereocenters. The lowest BCUT2D eigenvalue weighted by Crippen LogP contribution is -2.12. The predicted octanol–water partition coefficient (Wildman–Crippen LogP) is 3.70. The third kappa shape index (κ3) is 2.42. The third-order valence-electron chi connectivity index (χ3n) is 2.86. The van der Waals surface area contributed by atoms with Crippen molar-refractivity contribution in [3.05, 3.63) is 47.7 Å². The van der Waals surface area contributed by atoms with Crippen LogP contribution in [0.15, 0.2) is 40.8 Å². The van der Waals surface area contributed by atoms with E-state index in [-0.39, 0.29) is 5.41 Å². The Balaban J connectivity index is 2.52. The SMILES string of the molecule is CC(C)(C)c1ccccc1-c1ccc(CN)o1. The van der Waals surface area contributed by atoms with E-state index in [4.69, 9.17) is 10.2 Å². The van der Waals surface area contributed by atoms with E-state index in [1.165, 1.54) is 5.56 Å². The fourth-order valence-corrected chi connectivity index (χ4v) is 1.98. The van der Waals surface area contributed by atoms with E-state index in [1.807, 2.05) is 18.2 Å². The Morgan fingerprint density at radius 3 is 2.35 bits per heavy atom. The van der Waals surface area contributed by atoms with Gasteiger partial charge in [-0.05, 0) is 23.1 Å².